The first kappa shape index (κ1) is 29.7. The molecule has 2 amide bonds. The number of aromatic nitrogens is 2. The molecule has 2 N–H and O–H groups in total. The number of carbonyl (C=O) groups is 2. The van der Waals surface area contributed by atoms with Crippen LogP contribution in [-0.4, -0.2) is 92.4 Å². The van der Waals surface area contributed by atoms with Gasteiger partial charge in [-0.2, -0.15) is 13.2 Å². The first-order chi connectivity index (χ1) is 20.4. The third-order valence-corrected chi connectivity index (χ3v) is 9.31. The van der Waals surface area contributed by atoms with Crippen LogP contribution in [0.5, 0.6) is 0 Å². The van der Waals surface area contributed by atoms with E-state index < -0.39 is 35.7 Å². The molecule has 2 saturated heterocycles. The van der Waals surface area contributed by atoms with Crippen LogP contribution in [0.3, 0.4) is 0 Å². The van der Waals surface area contributed by atoms with Crippen molar-refractivity contribution in [2.75, 3.05) is 44.5 Å². The van der Waals surface area contributed by atoms with Crippen LogP contribution in [0.25, 0.3) is 0 Å². The van der Waals surface area contributed by atoms with E-state index in [-0.39, 0.29) is 60.8 Å². The third-order valence-electron chi connectivity index (χ3n) is 9.31. The van der Waals surface area contributed by atoms with Gasteiger partial charge in [-0.1, -0.05) is 12.1 Å². The lowest BCUT2D eigenvalue weighted by Gasteiger charge is -2.50. The van der Waals surface area contributed by atoms with Gasteiger partial charge in [-0.25, -0.2) is 14.4 Å². The fourth-order valence-electron chi connectivity index (χ4n) is 6.70. The predicted molar refractivity (Wildman–Crippen MR) is 145 cm³/mol. The number of alkyl halides is 3. The summed E-state index contributed by atoms with van der Waals surface area (Å²) in [5.41, 5.74) is -1.87. The number of benzene rings is 1. The summed E-state index contributed by atoms with van der Waals surface area (Å²) in [6.07, 6.45) is -2.80. The van der Waals surface area contributed by atoms with Crippen LogP contribution in [0, 0.1) is 18.7 Å². The van der Waals surface area contributed by atoms with Crippen molar-refractivity contribution in [1.29, 1.82) is 0 Å². The summed E-state index contributed by atoms with van der Waals surface area (Å²) in [7, 11) is 0. The van der Waals surface area contributed by atoms with Crippen molar-refractivity contribution in [3.05, 3.63) is 52.2 Å². The van der Waals surface area contributed by atoms with Crippen molar-refractivity contribution < 1.29 is 37.4 Å². The van der Waals surface area contributed by atoms with Crippen LogP contribution in [-0.2, 0) is 27.7 Å². The summed E-state index contributed by atoms with van der Waals surface area (Å²) in [5, 5.41) is 20.5. The van der Waals surface area contributed by atoms with Crippen LogP contribution in [0.2, 0.25) is 0 Å². The maximum absolute atomic E-state index is 15.2. The molecule has 0 radical (unpaired) electrons. The van der Waals surface area contributed by atoms with Gasteiger partial charge in [0, 0.05) is 43.2 Å². The van der Waals surface area contributed by atoms with Crippen molar-refractivity contribution in [3.63, 3.8) is 0 Å². The monoisotopic (exact) mass is 606 g/mol. The van der Waals surface area contributed by atoms with E-state index in [1.165, 1.54) is 17.9 Å². The fourth-order valence-corrected chi connectivity index (χ4v) is 6.70. The summed E-state index contributed by atoms with van der Waals surface area (Å²) >= 11 is 0. The summed E-state index contributed by atoms with van der Waals surface area (Å²) in [5.74, 6) is -0.993. The van der Waals surface area contributed by atoms with Crippen LogP contribution in [0.15, 0.2) is 18.2 Å². The maximum Gasteiger partial charge on any atom is 0.419 e. The number of aliphatic hydroxyl groups excluding tert-OH is 2. The number of hydrogen-bond acceptors (Lipinski definition) is 8. The van der Waals surface area contributed by atoms with Gasteiger partial charge in [-0.15, -0.1) is 0 Å². The van der Waals surface area contributed by atoms with E-state index in [1.807, 2.05) is 0 Å². The summed E-state index contributed by atoms with van der Waals surface area (Å²) in [6.45, 7) is 3.58. The lowest BCUT2D eigenvalue weighted by molar-refractivity contribution is -0.153. The predicted octanol–water partition coefficient (Wildman–Crippen LogP) is 2.32. The third kappa shape index (κ3) is 4.92. The van der Waals surface area contributed by atoms with Crippen LogP contribution in [0.4, 0.5) is 23.4 Å². The molecule has 3 fully saturated rings. The van der Waals surface area contributed by atoms with E-state index in [1.54, 1.807) is 21.6 Å². The highest BCUT2D eigenvalue weighted by molar-refractivity contribution is 5.92. The number of aryl methyl sites for hydroxylation is 1. The van der Waals surface area contributed by atoms with Gasteiger partial charge in [0.25, 0.3) is 0 Å². The van der Waals surface area contributed by atoms with Crippen LogP contribution < -0.4 is 4.90 Å². The second kappa shape index (κ2) is 10.7. The minimum Gasteiger partial charge on any atom is -0.381 e. The molecule has 1 aromatic heterocycles. The Labute approximate surface area is 245 Å². The molecule has 1 spiro atoms. The summed E-state index contributed by atoms with van der Waals surface area (Å²) in [6, 6.07) is 1.70. The van der Waals surface area contributed by atoms with Gasteiger partial charge >= 0.3 is 6.18 Å². The molecular weight excluding hydrogens is 572 g/mol. The van der Waals surface area contributed by atoms with E-state index in [0.29, 0.717) is 43.4 Å². The molecule has 232 valence electrons. The zero-order valence-corrected chi connectivity index (χ0v) is 23.9. The van der Waals surface area contributed by atoms with E-state index in [0.717, 1.165) is 18.9 Å². The smallest absolute Gasteiger partial charge is 0.381 e. The standard InChI is InChI=1S/C29H34F4N6O4/c1-16(20-4-3-5-22(23(20)30)29(31,32)33)39(15-41)25-21-12-38(19-10-37(11-19)26(42)18-6-7-18)27(43)28(8-9-36(13-28)14-40)24(21)34-17(2)35-25/h3-5,16,18-19,40-41H,6-15H2,1-2H3/t16-,28?/m1/s1. The van der Waals surface area contributed by atoms with Crippen molar-refractivity contribution in [1.82, 2.24) is 24.7 Å². The Kier molecular flexibility index (Phi) is 7.37. The average Bonchev–Trinajstić information content (AvgIpc) is 3.70. The van der Waals surface area contributed by atoms with Gasteiger partial charge in [-0.3, -0.25) is 14.5 Å². The van der Waals surface area contributed by atoms with E-state index in [4.69, 9.17) is 4.98 Å². The average molecular weight is 607 g/mol. The first-order valence-corrected chi connectivity index (χ1v) is 14.4. The molecule has 4 heterocycles. The van der Waals surface area contributed by atoms with Crippen LogP contribution in [0.1, 0.15) is 60.4 Å². The molecule has 2 aromatic rings. The Hall–Kier alpha value is -3.36. The van der Waals surface area contributed by atoms with Gasteiger partial charge < -0.3 is 24.9 Å². The number of carbonyl (C=O) groups excluding carboxylic acids is 2. The molecule has 0 bridgehead atoms. The Balaban J connectivity index is 1.41. The molecule has 2 atom stereocenters. The number of nitrogens with zero attached hydrogens (tertiary/aromatic N) is 6. The van der Waals surface area contributed by atoms with Gasteiger partial charge in [0.1, 0.15) is 29.6 Å². The summed E-state index contributed by atoms with van der Waals surface area (Å²) < 4.78 is 55.8. The highest BCUT2D eigenvalue weighted by Gasteiger charge is 2.56. The molecule has 10 nitrogen and oxygen atoms in total. The first-order valence-electron chi connectivity index (χ1n) is 14.4. The fraction of sp³-hybridized carbons (Fsp3) is 0.586. The highest BCUT2D eigenvalue weighted by atomic mass is 19.4. The normalized spacial score (nSPS) is 23.5. The zero-order valence-electron chi connectivity index (χ0n) is 23.9. The Bertz CT molecular complexity index is 1450. The Morgan fingerprint density at radius 1 is 1.21 bits per heavy atom. The molecule has 1 saturated carbocycles. The Morgan fingerprint density at radius 3 is 2.53 bits per heavy atom. The number of likely N-dealkylation sites (tertiary alicyclic amines) is 2. The van der Waals surface area contributed by atoms with E-state index >= 15 is 4.39 Å². The van der Waals surface area contributed by atoms with Crippen LogP contribution >= 0.6 is 0 Å². The molecule has 1 unspecified atom stereocenters. The number of fused-ring (bicyclic) bond motifs is 2. The lowest BCUT2D eigenvalue weighted by atomic mass is 9.75. The van der Waals surface area contributed by atoms with Gasteiger partial charge in [0.15, 0.2) is 0 Å². The second-order valence-electron chi connectivity index (χ2n) is 12.0. The number of halogens is 4. The van der Waals surface area contributed by atoms with Gasteiger partial charge in [0.2, 0.25) is 11.8 Å². The molecule has 1 aliphatic carbocycles. The van der Waals surface area contributed by atoms with Gasteiger partial charge in [-0.05, 0) is 39.2 Å². The second-order valence-corrected chi connectivity index (χ2v) is 12.0. The molecule has 14 heteroatoms. The van der Waals surface area contributed by atoms with E-state index in [9.17, 15) is 33.0 Å². The summed E-state index contributed by atoms with van der Waals surface area (Å²) in [4.78, 5) is 42.6. The molecule has 1 aromatic carbocycles. The topological polar surface area (TPSA) is 113 Å². The maximum atomic E-state index is 15.2. The zero-order chi connectivity index (χ0) is 30.8. The van der Waals surface area contributed by atoms with Gasteiger partial charge in [0.05, 0.1) is 36.6 Å². The Morgan fingerprint density at radius 2 is 1.93 bits per heavy atom. The molecule has 6 rings (SSSR count). The SMILES string of the molecule is Cc1nc(N(CO)[C@H](C)c2cccc(C(F)(F)F)c2F)c2c(n1)C1(CCN(CO)C1)C(=O)N(C1CN(C(=O)C3CC3)C1)C2. The minimum absolute atomic E-state index is 0.0507. The molecule has 4 aliphatic rings. The number of aliphatic hydroxyl groups is 2. The molecule has 43 heavy (non-hydrogen) atoms. The van der Waals surface area contributed by atoms with Crippen molar-refractivity contribution in [2.24, 2.45) is 5.92 Å². The molecular formula is C29H34F4N6O4. The number of rotatable bonds is 7. The van der Waals surface area contributed by atoms with Crippen molar-refractivity contribution in [3.8, 4) is 0 Å². The molecule has 3 aliphatic heterocycles. The number of hydrogen-bond donors (Lipinski definition) is 2. The minimum atomic E-state index is -4.90. The highest BCUT2D eigenvalue weighted by Crippen LogP contribution is 2.46. The lowest BCUT2D eigenvalue weighted by Crippen LogP contribution is -2.66. The largest absolute Gasteiger partial charge is 0.419 e. The number of anilines is 1. The van der Waals surface area contributed by atoms with Crippen molar-refractivity contribution in [2.45, 2.75) is 63.3 Å². The quantitative estimate of drug-likeness (QED) is 0.365. The van der Waals surface area contributed by atoms with Crippen molar-refractivity contribution >= 4 is 17.6 Å². The number of amides is 2. The van der Waals surface area contributed by atoms with E-state index in [2.05, 4.69) is 4.98 Å².